The molecule has 10 heteroatoms. The summed E-state index contributed by atoms with van der Waals surface area (Å²) in [6, 6.07) is 16.4. The van der Waals surface area contributed by atoms with Crippen LogP contribution in [0.3, 0.4) is 0 Å². The van der Waals surface area contributed by atoms with Gasteiger partial charge in [-0.1, -0.05) is 30.3 Å². The Hall–Kier alpha value is -3.74. The monoisotopic (exact) mass is 452 g/mol. The first-order valence-electron chi connectivity index (χ1n) is 9.04. The number of pyridine rings is 1. The number of nitriles is 1. The maximum atomic E-state index is 12.7. The van der Waals surface area contributed by atoms with Crippen LogP contribution in [0.4, 0.5) is 26.3 Å². The van der Waals surface area contributed by atoms with E-state index in [1.54, 1.807) is 18.2 Å². The molecule has 0 radical (unpaired) electrons. The molecule has 2 aromatic carbocycles. The van der Waals surface area contributed by atoms with Gasteiger partial charge in [0.05, 0.1) is 6.07 Å². The second-order valence-corrected chi connectivity index (χ2v) is 6.67. The van der Waals surface area contributed by atoms with Crippen molar-refractivity contribution in [3.8, 4) is 17.6 Å². The van der Waals surface area contributed by atoms with E-state index in [0.29, 0.717) is 5.69 Å². The summed E-state index contributed by atoms with van der Waals surface area (Å²) in [6.45, 7) is 0. The van der Waals surface area contributed by atoms with Gasteiger partial charge in [-0.25, -0.2) is 0 Å². The van der Waals surface area contributed by atoms with Crippen LogP contribution in [0.2, 0.25) is 0 Å². The van der Waals surface area contributed by atoms with E-state index < -0.39 is 29.6 Å². The molecule has 1 aromatic heterocycles. The molecule has 0 fully saturated rings. The molecular formula is C22H14F6N2O2. The van der Waals surface area contributed by atoms with E-state index in [1.807, 2.05) is 0 Å². The summed E-state index contributed by atoms with van der Waals surface area (Å²) in [7, 11) is 0. The zero-order chi connectivity index (χ0) is 23.4. The molecule has 0 unspecified atom stereocenters. The minimum Gasteiger partial charge on any atom is -0.406 e. The van der Waals surface area contributed by atoms with Gasteiger partial charge in [0.1, 0.15) is 16.9 Å². The standard InChI is InChI=1S/C22H14F6N2O2/c23-21(24,25)31-18-8-3-5-15(11-18)20(14-29,13-17-7-1-2-10-30-17)16-6-4-9-19(12-16)32-22(26,27)28/h1-12H,13H2. The van der Waals surface area contributed by atoms with Gasteiger partial charge in [0.25, 0.3) is 0 Å². The maximum absolute atomic E-state index is 12.7. The van der Waals surface area contributed by atoms with Gasteiger partial charge >= 0.3 is 12.7 Å². The van der Waals surface area contributed by atoms with Crippen molar-refractivity contribution in [3.63, 3.8) is 0 Å². The van der Waals surface area contributed by atoms with Crippen molar-refractivity contribution in [1.82, 2.24) is 4.98 Å². The van der Waals surface area contributed by atoms with Crippen molar-refractivity contribution in [1.29, 1.82) is 5.26 Å². The summed E-state index contributed by atoms with van der Waals surface area (Å²) >= 11 is 0. The second kappa shape index (κ2) is 8.78. The molecule has 0 N–H and O–H groups in total. The fraction of sp³-hybridized carbons (Fsp3) is 0.182. The third kappa shape index (κ3) is 5.69. The van der Waals surface area contributed by atoms with E-state index in [-0.39, 0.29) is 17.5 Å². The molecule has 0 aliphatic carbocycles. The smallest absolute Gasteiger partial charge is 0.406 e. The maximum Gasteiger partial charge on any atom is 0.573 e. The van der Waals surface area contributed by atoms with Gasteiger partial charge in [0, 0.05) is 18.3 Å². The fourth-order valence-corrected chi connectivity index (χ4v) is 3.23. The first kappa shape index (κ1) is 22.9. The normalized spacial score (nSPS) is 12.2. The lowest BCUT2D eigenvalue weighted by Crippen LogP contribution is -2.30. The highest BCUT2D eigenvalue weighted by atomic mass is 19.4. The van der Waals surface area contributed by atoms with Gasteiger partial charge in [0.2, 0.25) is 0 Å². The van der Waals surface area contributed by atoms with Crippen molar-refractivity contribution < 1.29 is 35.8 Å². The quantitative estimate of drug-likeness (QED) is 0.435. The molecule has 3 aromatic rings. The van der Waals surface area contributed by atoms with Crippen LogP contribution in [-0.2, 0) is 11.8 Å². The van der Waals surface area contributed by atoms with Crippen molar-refractivity contribution in [3.05, 3.63) is 89.7 Å². The van der Waals surface area contributed by atoms with Gasteiger partial charge in [-0.05, 0) is 47.5 Å². The lowest BCUT2D eigenvalue weighted by atomic mass is 9.72. The molecule has 3 rings (SSSR count). The molecule has 0 amide bonds. The number of alkyl halides is 6. The van der Waals surface area contributed by atoms with Crippen molar-refractivity contribution in [2.75, 3.05) is 0 Å². The summed E-state index contributed by atoms with van der Waals surface area (Å²) in [5.74, 6) is -1.14. The Kier molecular flexibility index (Phi) is 6.30. The Morgan fingerprint density at radius 2 is 1.28 bits per heavy atom. The van der Waals surface area contributed by atoms with Crippen LogP contribution in [0.5, 0.6) is 11.5 Å². The molecule has 32 heavy (non-hydrogen) atoms. The summed E-state index contributed by atoms with van der Waals surface area (Å²) in [5.41, 5.74) is -1.13. The zero-order valence-corrected chi connectivity index (χ0v) is 16.1. The largest absolute Gasteiger partial charge is 0.573 e. The summed E-state index contributed by atoms with van der Waals surface area (Å²) in [4.78, 5) is 4.15. The van der Waals surface area contributed by atoms with Crippen LogP contribution in [0.1, 0.15) is 16.8 Å². The molecule has 0 spiro atoms. The Balaban J connectivity index is 2.16. The molecule has 0 aliphatic rings. The van der Waals surface area contributed by atoms with E-state index in [0.717, 1.165) is 24.3 Å². The van der Waals surface area contributed by atoms with E-state index in [2.05, 4.69) is 20.5 Å². The molecule has 0 saturated carbocycles. The summed E-state index contributed by atoms with van der Waals surface area (Å²) in [5, 5.41) is 10.2. The summed E-state index contributed by atoms with van der Waals surface area (Å²) in [6.07, 6.45) is -8.59. The third-order valence-electron chi connectivity index (χ3n) is 4.48. The SMILES string of the molecule is N#CC(Cc1ccccn1)(c1cccc(OC(F)(F)F)c1)c1cccc(OC(F)(F)F)c1. The molecule has 0 aliphatic heterocycles. The highest BCUT2D eigenvalue weighted by Crippen LogP contribution is 2.39. The molecule has 1 heterocycles. The van der Waals surface area contributed by atoms with E-state index >= 15 is 0 Å². The summed E-state index contributed by atoms with van der Waals surface area (Å²) < 4.78 is 84.2. The van der Waals surface area contributed by atoms with Gasteiger partial charge in [-0.2, -0.15) is 5.26 Å². The van der Waals surface area contributed by atoms with E-state index in [4.69, 9.17) is 0 Å². The number of ether oxygens (including phenoxy) is 2. The van der Waals surface area contributed by atoms with E-state index in [9.17, 15) is 31.6 Å². The van der Waals surface area contributed by atoms with Crippen LogP contribution >= 0.6 is 0 Å². The minimum atomic E-state index is -4.96. The lowest BCUT2D eigenvalue weighted by Gasteiger charge is -2.28. The third-order valence-corrected chi connectivity index (χ3v) is 4.48. The highest BCUT2D eigenvalue weighted by molar-refractivity contribution is 5.51. The van der Waals surface area contributed by atoms with Gasteiger partial charge < -0.3 is 9.47 Å². The van der Waals surface area contributed by atoms with Crippen molar-refractivity contribution >= 4 is 0 Å². The van der Waals surface area contributed by atoms with Crippen LogP contribution < -0.4 is 9.47 Å². The number of hydrogen-bond donors (Lipinski definition) is 0. The van der Waals surface area contributed by atoms with Crippen LogP contribution in [0.25, 0.3) is 0 Å². The number of halogens is 6. The predicted octanol–water partition coefficient (Wildman–Crippen LogP) is 5.93. The molecule has 166 valence electrons. The minimum absolute atomic E-state index is 0.0801. The number of benzene rings is 2. The Morgan fingerprint density at radius 1 is 0.750 bits per heavy atom. The topological polar surface area (TPSA) is 55.1 Å². The molecule has 4 nitrogen and oxygen atoms in total. The molecule has 0 atom stereocenters. The number of aromatic nitrogens is 1. The number of hydrogen-bond acceptors (Lipinski definition) is 4. The predicted molar refractivity (Wildman–Crippen MR) is 101 cm³/mol. The molecule has 0 saturated heterocycles. The average molecular weight is 452 g/mol. The molecular weight excluding hydrogens is 438 g/mol. The first-order chi connectivity index (χ1) is 15.0. The number of rotatable bonds is 6. The Labute approximate surface area is 178 Å². The van der Waals surface area contributed by atoms with Crippen LogP contribution in [-0.4, -0.2) is 17.7 Å². The average Bonchev–Trinajstić information content (AvgIpc) is 2.71. The number of nitrogens with zero attached hydrogens (tertiary/aromatic N) is 2. The van der Waals surface area contributed by atoms with Crippen molar-refractivity contribution in [2.45, 2.75) is 24.6 Å². The van der Waals surface area contributed by atoms with Gasteiger partial charge in [-0.15, -0.1) is 26.3 Å². The van der Waals surface area contributed by atoms with E-state index in [1.165, 1.54) is 30.5 Å². The van der Waals surface area contributed by atoms with Crippen molar-refractivity contribution in [2.24, 2.45) is 0 Å². The second-order valence-electron chi connectivity index (χ2n) is 6.67. The van der Waals surface area contributed by atoms with Crippen LogP contribution in [0, 0.1) is 11.3 Å². The van der Waals surface area contributed by atoms with Gasteiger partial charge in [0.15, 0.2) is 0 Å². The highest BCUT2D eigenvalue weighted by Gasteiger charge is 2.38. The van der Waals surface area contributed by atoms with Crippen LogP contribution in [0.15, 0.2) is 72.9 Å². The first-order valence-corrected chi connectivity index (χ1v) is 9.04. The van der Waals surface area contributed by atoms with Gasteiger partial charge in [-0.3, -0.25) is 4.98 Å². The zero-order valence-electron chi connectivity index (χ0n) is 16.1. The lowest BCUT2D eigenvalue weighted by molar-refractivity contribution is -0.275. The Bertz CT molecular complexity index is 1050. The molecule has 0 bridgehead atoms. The fourth-order valence-electron chi connectivity index (χ4n) is 3.23. The Morgan fingerprint density at radius 3 is 1.69 bits per heavy atom.